The van der Waals surface area contributed by atoms with E-state index in [1.165, 1.54) is 5.56 Å². The van der Waals surface area contributed by atoms with Gasteiger partial charge in [-0.3, -0.25) is 4.98 Å². The first-order valence-corrected chi connectivity index (χ1v) is 10.7. The lowest BCUT2D eigenvalue weighted by molar-refractivity contribution is 0.862. The average molecular weight is 406 g/mol. The summed E-state index contributed by atoms with van der Waals surface area (Å²) in [6.07, 6.45) is 5.87. The molecular weight excluding hydrogens is 386 g/mol. The third-order valence-electron chi connectivity index (χ3n) is 5.07. The number of thiophene rings is 1. The molecular formula is C26H19N3S. The van der Waals surface area contributed by atoms with Gasteiger partial charge in [0.15, 0.2) is 5.65 Å². The van der Waals surface area contributed by atoms with Crippen molar-refractivity contribution in [1.82, 2.24) is 14.4 Å². The molecule has 1 atom stereocenters. The summed E-state index contributed by atoms with van der Waals surface area (Å²) in [6, 6.07) is 24.6. The number of rotatable bonds is 3. The Morgan fingerprint density at radius 2 is 1.67 bits per heavy atom. The Hall–Kier alpha value is -3.68. The maximum absolute atomic E-state index is 4.92. The maximum atomic E-state index is 4.92. The van der Waals surface area contributed by atoms with Crippen LogP contribution >= 0.6 is 11.3 Å². The monoisotopic (exact) mass is 405 g/mol. The fraction of sp³-hybridized carbons (Fsp3) is 0.0769. The highest BCUT2D eigenvalue weighted by molar-refractivity contribution is 7.16. The van der Waals surface area contributed by atoms with Crippen molar-refractivity contribution in [3.05, 3.63) is 113 Å². The highest BCUT2D eigenvalue weighted by Gasteiger charge is 2.16. The highest BCUT2D eigenvalue weighted by Crippen LogP contribution is 2.30. The third-order valence-corrected chi connectivity index (χ3v) is 6.10. The highest BCUT2D eigenvalue weighted by atomic mass is 32.1. The van der Waals surface area contributed by atoms with Crippen LogP contribution in [-0.2, 0) is 0 Å². The van der Waals surface area contributed by atoms with Gasteiger partial charge in [0.2, 0.25) is 0 Å². The van der Waals surface area contributed by atoms with Crippen LogP contribution in [0.5, 0.6) is 0 Å². The van der Waals surface area contributed by atoms with Gasteiger partial charge in [0, 0.05) is 30.1 Å². The summed E-state index contributed by atoms with van der Waals surface area (Å²) in [4.78, 5) is 11.7. The fourth-order valence-corrected chi connectivity index (χ4v) is 4.28. The molecule has 0 N–H and O–H groups in total. The largest absolute Gasteiger partial charge is 0.303 e. The molecule has 4 heteroatoms. The van der Waals surface area contributed by atoms with E-state index in [-0.39, 0.29) is 5.92 Å². The van der Waals surface area contributed by atoms with Crippen molar-refractivity contribution < 1.29 is 0 Å². The van der Waals surface area contributed by atoms with Crippen molar-refractivity contribution in [3.8, 4) is 22.4 Å². The second-order valence-corrected chi connectivity index (χ2v) is 8.17. The predicted octanol–water partition coefficient (Wildman–Crippen LogP) is 6.01. The zero-order valence-corrected chi connectivity index (χ0v) is 17.3. The SMILES string of the molecule is CC(c1ccccc1)c1nccn2cc(-c3ccc(C#Cc4ccccc4)s3)nc12. The summed E-state index contributed by atoms with van der Waals surface area (Å²) in [5.74, 6) is 6.64. The van der Waals surface area contributed by atoms with Crippen molar-refractivity contribution in [2.24, 2.45) is 0 Å². The van der Waals surface area contributed by atoms with E-state index in [0.29, 0.717) is 0 Å². The molecule has 1 unspecified atom stereocenters. The molecule has 2 aromatic carbocycles. The second kappa shape index (κ2) is 7.98. The van der Waals surface area contributed by atoms with Crippen LogP contribution in [0.25, 0.3) is 16.2 Å². The number of fused-ring (bicyclic) bond motifs is 1. The molecule has 0 radical (unpaired) electrons. The van der Waals surface area contributed by atoms with Gasteiger partial charge >= 0.3 is 0 Å². The maximum Gasteiger partial charge on any atom is 0.159 e. The smallest absolute Gasteiger partial charge is 0.159 e. The van der Waals surface area contributed by atoms with Crippen LogP contribution in [0, 0.1) is 11.8 Å². The summed E-state index contributed by atoms with van der Waals surface area (Å²) < 4.78 is 2.06. The first-order chi connectivity index (χ1) is 14.8. The van der Waals surface area contributed by atoms with Crippen molar-refractivity contribution in [2.45, 2.75) is 12.8 Å². The van der Waals surface area contributed by atoms with Crippen LogP contribution in [0.3, 0.4) is 0 Å². The van der Waals surface area contributed by atoms with E-state index >= 15 is 0 Å². The predicted molar refractivity (Wildman–Crippen MR) is 123 cm³/mol. The van der Waals surface area contributed by atoms with E-state index < -0.39 is 0 Å². The quantitative estimate of drug-likeness (QED) is 0.344. The van der Waals surface area contributed by atoms with Crippen molar-refractivity contribution in [2.75, 3.05) is 0 Å². The second-order valence-electron chi connectivity index (χ2n) is 7.08. The summed E-state index contributed by atoms with van der Waals surface area (Å²) in [5, 5.41) is 0. The van der Waals surface area contributed by atoms with Crippen molar-refractivity contribution in [1.29, 1.82) is 0 Å². The number of aromatic nitrogens is 3. The standard InChI is InChI=1S/C26H19N3S/c1-19(21-10-6-3-7-11-21)25-26-28-23(18-29(26)17-16-27-25)24-15-14-22(30-24)13-12-20-8-4-2-5-9-20/h2-11,14-19H,1H3. The van der Waals surface area contributed by atoms with Crippen molar-refractivity contribution >= 4 is 17.0 Å². The van der Waals surface area contributed by atoms with E-state index in [4.69, 9.17) is 4.98 Å². The molecule has 0 amide bonds. The molecule has 144 valence electrons. The lowest BCUT2D eigenvalue weighted by Gasteiger charge is -2.11. The minimum Gasteiger partial charge on any atom is -0.303 e. The van der Waals surface area contributed by atoms with Gasteiger partial charge in [0.1, 0.15) is 0 Å². The van der Waals surface area contributed by atoms with Crippen LogP contribution in [-0.4, -0.2) is 14.4 Å². The number of benzene rings is 2. The Balaban J connectivity index is 1.48. The molecule has 0 bridgehead atoms. The normalized spacial score (nSPS) is 11.8. The number of nitrogens with zero attached hydrogens (tertiary/aromatic N) is 3. The minimum atomic E-state index is 0.167. The molecule has 30 heavy (non-hydrogen) atoms. The van der Waals surface area contributed by atoms with Gasteiger partial charge < -0.3 is 4.40 Å². The summed E-state index contributed by atoms with van der Waals surface area (Å²) >= 11 is 1.66. The first kappa shape index (κ1) is 18.4. The Morgan fingerprint density at radius 1 is 0.900 bits per heavy atom. The van der Waals surface area contributed by atoms with Gasteiger partial charge in [0.05, 0.1) is 21.1 Å². The Kier molecular flexibility index (Phi) is 4.88. The number of imidazole rings is 1. The first-order valence-electron chi connectivity index (χ1n) is 9.84. The van der Waals surface area contributed by atoms with Crippen LogP contribution in [0.1, 0.15) is 34.5 Å². The molecule has 5 rings (SSSR count). The topological polar surface area (TPSA) is 30.2 Å². The Labute approximate surface area is 179 Å². The van der Waals surface area contributed by atoms with Crippen LogP contribution in [0.15, 0.2) is 91.4 Å². The average Bonchev–Trinajstić information content (AvgIpc) is 3.45. The molecule has 0 saturated heterocycles. The van der Waals surface area contributed by atoms with Gasteiger partial charge in [-0.2, -0.15) is 0 Å². The molecule has 0 aliphatic heterocycles. The Bertz CT molecular complexity index is 1360. The third kappa shape index (κ3) is 3.63. The van der Waals surface area contributed by atoms with E-state index in [1.807, 2.05) is 48.8 Å². The summed E-state index contributed by atoms with van der Waals surface area (Å²) in [7, 11) is 0. The van der Waals surface area contributed by atoms with Crippen LogP contribution in [0.4, 0.5) is 0 Å². The molecule has 3 aromatic heterocycles. The lowest BCUT2D eigenvalue weighted by atomic mass is 9.98. The van der Waals surface area contributed by atoms with Gasteiger partial charge in [-0.15, -0.1) is 11.3 Å². The molecule has 0 aliphatic rings. The molecule has 3 nitrogen and oxygen atoms in total. The van der Waals surface area contributed by atoms with Crippen LogP contribution in [0.2, 0.25) is 0 Å². The summed E-state index contributed by atoms with van der Waals surface area (Å²) in [5.41, 5.74) is 5.08. The molecule has 0 spiro atoms. The molecule has 0 fully saturated rings. The lowest BCUT2D eigenvalue weighted by Crippen LogP contribution is -2.02. The van der Waals surface area contributed by atoms with Gasteiger partial charge in [-0.25, -0.2) is 4.98 Å². The van der Waals surface area contributed by atoms with E-state index in [2.05, 4.69) is 70.7 Å². The van der Waals surface area contributed by atoms with Crippen molar-refractivity contribution in [3.63, 3.8) is 0 Å². The van der Waals surface area contributed by atoms with E-state index in [1.54, 1.807) is 11.3 Å². The minimum absolute atomic E-state index is 0.167. The van der Waals surface area contributed by atoms with Gasteiger partial charge in [-0.1, -0.05) is 67.3 Å². The van der Waals surface area contributed by atoms with E-state index in [9.17, 15) is 0 Å². The number of hydrogen-bond donors (Lipinski definition) is 0. The van der Waals surface area contributed by atoms with Gasteiger partial charge in [-0.05, 0) is 29.8 Å². The zero-order chi connectivity index (χ0) is 20.3. The molecule has 3 heterocycles. The van der Waals surface area contributed by atoms with Gasteiger partial charge in [0.25, 0.3) is 0 Å². The molecule has 0 aliphatic carbocycles. The van der Waals surface area contributed by atoms with Crippen LogP contribution < -0.4 is 0 Å². The Morgan fingerprint density at radius 3 is 2.47 bits per heavy atom. The number of hydrogen-bond acceptors (Lipinski definition) is 3. The molecule has 0 saturated carbocycles. The van der Waals surface area contributed by atoms with E-state index in [0.717, 1.165) is 32.4 Å². The summed E-state index contributed by atoms with van der Waals surface area (Å²) in [6.45, 7) is 2.18. The molecule has 5 aromatic rings. The zero-order valence-electron chi connectivity index (χ0n) is 16.5. The fourth-order valence-electron chi connectivity index (χ4n) is 3.46.